The lowest BCUT2D eigenvalue weighted by Crippen LogP contribution is -2.57. The van der Waals surface area contributed by atoms with Crippen LogP contribution in [0, 0.1) is 12.3 Å². The number of terminal acetylenes is 1. The number of nitrogens with zero attached hydrogens (tertiary/aromatic N) is 4. The van der Waals surface area contributed by atoms with E-state index in [4.69, 9.17) is 17.7 Å². The van der Waals surface area contributed by atoms with Gasteiger partial charge in [0.1, 0.15) is 24.7 Å². The number of primary amides is 1. The average molecular weight is 497 g/mol. The number of benzene rings is 1. The smallest absolute Gasteiger partial charge is 0.243 e. The first-order chi connectivity index (χ1) is 17.3. The van der Waals surface area contributed by atoms with Crippen LogP contribution in [0.1, 0.15) is 24.8 Å². The maximum atomic E-state index is 13.1. The van der Waals surface area contributed by atoms with E-state index >= 15 is 0 Å². The van der Waals surface area contributed by atoms with Gasteiger partial charge in [-0.3, -0.25) is 24.0 Å². The van der Waals surface area contributed by atoms with Gasteiger partial charge in [0.2, 0.25) is 29.5 Å². The highest BCUT2D eigenvalue weighted by molar-refractivity contribution is 5.95. The lowest BCUT2D eigenvalue weighted by Gasteiger charge is -2.27. The molecule has 1 heterocycles. The van der Waals surface area contributed by atoms with Crippen molar-refractivity contribution in [1.82, 2.24) is 20.9 Å². The van der Waals surface area contributed by atoms with Crippen LogP contribution in [0.4, 0.5) is 0 Å². The summed E-state index contributed by atoms with van der Waals surface area (Å²) in [6, 6.07) is 5.91. The molecule has 36 heavy (non-hydrogen) atoms. The van der Waals surface area contributed by atoms with Crippen molar-refractivity contribution in [1.29, 1.82) is 0 Å². The molecule has 3 atom stereocenters. The van der Waals surface area contributed by atoms with E-state index in [0.717, 1.165) is 5.56 Å². The largest absolute Gasteiger partial charge is 0.368 e. The Kier molecular flexibility index (Phi) is 10.8. The monoisotopic (exact) mass is 496 g/mol. The number of carbonyl (C=O) groups excluding carboxylic acids is 5. The summed E-state index contributed by atoms with van der Waals surface area (Å²) in [7, 11) is 0. The molecular weight excluding hydrogens is 468 g/mol. The van der Waals surface area contributed by atoms with Gasteiger partial charge in [0.15, 0.2) is 0 Å². The van der Waals surface area contributed by atoms with Crippen LogP contribution in [0.5, 0.6) is 0 Å². The Morgan fingerprint density at radius 3 is 2.56 bits per heavy atom. The van der Waals surface area contributed by atoms with Crippen molar-refractivity contribution in [2.45, 2.75) is 43.8 Å². The molecule has 1 aliphatic rings. The molecular formula is C23H28N8O5. The van der Waals surface area contributed by atoms with Gasteiger partial charge in [-0.05, 0) is 23.9 Å². The summed E-state index contributed by atoms with van der Waals surface area (Å²) in [4.78, 5) is 65.8. The van der Waals surface area contributed by atoms with E-state index in [-0.39, 0.29) is 19.4 Å². The van der Waals surface area contributed by atoms with E-state index in [0.29, 0.717) is 19.4 Å². The van der Waals surface area contributed by atoms with E-state index < -0.39 is 54.2 Å². The first-order valence-electron chi connectivity index (χ1n) is 11.2. The maximum Gasteiger partial charge on any atom is 0.243 e. The van der Waals surface area contributed by atoms with Crippen LogP contribution in [0.15, 0.2) is 35.4 Å². The van der Waals surface area contributed by atoms with Gasteiger partial charge < -0.3 is 26.6 Å². The average Bonchev–Trinajstić information content (AvgIpc) is 3.36. The molecule has 13 nitrogen and oxygen atoms in total. The molecule has 1 fully saturated rings. The highest BCUT2D eigenvalue weighted by Gasteiger charge is 2.36. The zero-order valence-electron chi connectivity index (χ0n) is 19.6. The van der Waals surface area contributed by atoms with Crippen molar-refractivity contribution in [2.75, 3.05) is 19.6 Å². The number of likely N-dealkylation sites (tertiary alicyclic amines) is 1. The molecule has 190 valence electrons. The number of azide groups is 1. The molecule has 13 heteroatoms. The molecule has 1 aliphatic heterocycles. The SMILES string of the molecule is C#CCC(NC(=O)C(Cc1ccccc1)NC(=O)C1CCCN1C(=O)CNC(=O)CN=[N+]=[N-])C(N)=O. The second-order valence-corrected chi connectivity index (χ2v) is 8.03. The Bertz CT molecular complexity index is 1060. The fourth-order valence-corrected chi connectivity index (χ4v) is 3.71. The molecule has 0 spiro atoms. The molecule has 1 saturated heterocycles. The molecule has 0 bridgehead atoms. The third kappa shape index (κ3) is 8.34. The number of hydrogen-bond acceptors (Lipinski definition) is 6. The highest BCUT2D eigenvalue weighted by atomic mass is 16.2. The Hall–Kier alpha value is -4.56. The predicted octanol–water partition coefficient (Wildman–Crippen LogP) is -0.875. The minimum absolute atomic E-state index is 0.108. The quantitative estimate of drug-likeness (QED) is 0.126. The number of amides is 5. The van der Waals surface area contributed by atoms with Crippen molar-refractivity contribution in [3.63, 3.8) is 0 Å². The van der Waals surface area contributed by atoms with Crippen LogP contribution in [-0.2, 0) is 30.4 Å². The molecule has 1 aromatic rings. The molecule has 0 radical (unpaired) electrons. The van der Waals surface area contributed by atoms with Gasteiger partial charge in [-0.2, -0.15) is 0 Å². The standard InChI is InChI=1S/C23H28N8O5/c1-2-7-16(21(24)34)28-22(35)17(12-15-8-4-3-5-9-15)29-23(36)18-10-6-11-31(18)20(33)14-26-19(32)13-27-30-25/h1,3-5,8-9,16-18H,6-7,10-14H2,(H2,24,34)(H,26,32)(H,28,35)(H,29,36). The van der Waals surface area contributed by atoms with E-state index in [1.807, 2.05) is 0 Å². The van der Waals surface area contributed by atoms with Crippen molar-refractivity contribution < 1.29 is 24.0 Å². The molecule has 1 aromatic carbocycles. The maximum absolute atomic E-state index is 13.1. The Labute approximate surface area is 207 Å². The highest BCUT2D eigenvalue weighted by Crippen LogP contribution is 2.18. The van der Waals surface area contributed by atoms with Crippen molar-refractivity contribution in [3.8, 4) is 12.3 Å². The fourth-order valence-electron chi connectivity index (χ4n) is 3.71. The Morgan fingerprint density at radius 2 is 1.92 bits per heavy atom. The van der Waals surface area contributed by atoms with Crippen molar-refractivity contribution in [2.24, 2.45) is 10.8 Å². The molecule has 0 saturated carbocycles. The van der Waals surface area contributed by atoms with Crippen LogP contribution < -0.4 is 21.7 Å². The number of hydrogen-bond donors (Lipinski definition) is 4. The molecule has 5 N–H and O–H groups in total. The third-order valence-electron chi connectivity index (χ3n) is 5.49. The van der Waals surface area contributed by atoms with Gasteiger partial charge >= 0.3 is 0 Å². The lowest BCUT2D eigenvalue weighted by atomic mass is 10.0. The summed E-state index contributed by atoms with van der Waals surface area (Å²) in [5.41, 5.74) is 14.3. The minimum Gasteiger partial charge on any atom is -0.368 e. The van der Waals surface area contributed by atoms with Gasteiger partial charge in [-0.1, -0.05) is 35.4 Å². The number of carbonyl (C=O) groups is 5. The fraction of sp³-hybridized carbons (Fsp3) is 0.435. The normalized spacial score (nSPS) is 16.0. The second kappa shape index (κ2) is 14.0. The summed E-state index contributed by atoms with van der Waals surface area (Å²) >= 11 is 0. The van der Waals surface area contributed by atoms with Gasteiger partial charge in [0.05, 0.1) is 6.54 Å². The summed E-state index contributed by atoms with van der Waals surface area (Å²) < 4.78 is 0. The van der Waals surface area contributed by atoms with Crippen LogP contribution in [-0.4, -0.2) is 72.2 Å². The van der Waals surface area contributed by atoms with Crippen LogP contribution in [0.2, 0.25) is 0 Å². The number of rotatable bonds is 12. The topological polar surface area (TPSA) is 199 Å². The molecule has 3 unspecified atom stereocenters. The van der Waals surface area contributed by atoms with Gasteiger partial charge in [-0.15, -0.1) is 12.3 Å². The predicted molar refractivity (Wildman–Crippen MR) is 128 cm³/mol. The first kappa shape index (κ1) is 27.7. The van der Waals surface area contributed by atoms with Crippen LogP contribution in [0.25, 0.3) is 10.4 Å². The lowest BCUT2D eigenvalue weighted by molar-refractivity contribution is -0.139. The number of nitrogens with one attached hydrogen (secondary N) is 3. The van der Waals surface area contributed by atoms with Crippen molar-refractivity contribution in [3.05, 3.63) is 46.3 Å². The van der Waals surface area contributed by atoms with Crippen molar-refractivity contribution >= 4 is 29.5 Å². The first-order valence-corrected chi connectivity index (χ1v) is 11.2. The van der Waals surface area contributed by atoms with E-state index in [1.54, 1.807) is 30.3 Å². The number of nitrogens with two attached hydrogens (primary N) is 1. The summed E-state index contributed by atoms with van der Waals surface area (Å²) in [6.07, 6.45) is 6.19. The Balaban J connectivity index is 2.11. The van der Waals surface area contributed by atoms with Gasteiger partial charge in [0, 0.05) is 24.3 Å². The minimum atomic E-state index is -1.10. The summed E-state index contributed by atoms with van der Waals surface area (Å²) in [5.74, 6) is -0.844. The van der Waals surface area contributed by atoms with Crippen LogP contribution >= 0.6 is 0 Å². The van der Waals surface area contributed by atoms with E-state index in [1.165, 1.54) is 4.90 Å². The van der Waals surface area contributed by atoms with Gasteiger partial charge in [0.25, 0.3) is 0 Å². The molecule has 0 aromatic heterocycles. The summed E-state index contributed by atoms with van der Waals surface area (Å²) in [6.45, 7) is -0.523. The molecule has 0 aliphatic carbocycles. The zero-order chi connectivity index (χ0) is 26.5. The zero-order valence-corrected chi connectivity index (χ0v) is 19.6. The summed E-state index contributed by atoms with van der Waals surface area (Å²) in [5, 5.41) is 10.6. The van der Waals surface area contributed by atoms with E-state index in [9.17, 15) is 24.0 Å². The van der Waals surface area contributed by atoms with Crippen LogP contribution in [0.3, 0.4) is 0 Å². The second-order valence-electron chi connectivity index (χ2n) is 8.03. The Morgan fingerprint density at radius 1 is 1.19 bits per heavy atom. The van der Waals surface area contributed by atoms with E-state index in [2.05, 4.69) is 31.9 Å². The molecule has 2 rings (SSSR count). The van der Waals surface area contributed by atoms with Gasteiger partial charge in [-0.25, -0.2) is 0 Å². The molecule has 5 amide bonds. The third-order valence-corrected chi connectivity index (χ3v) is 5.49.